The first-order valence-electron chi connectivity index (χ1n) is 9.05. The quantitative estimate of drug-likeness (QED) is 0.676. The molecule has 1 aliphatic heterocycles. The lowest BCUT2D eigenvalue weighted by Crippen LogP contribution is -2.36. The molecule has 2 amide bonds. The molecule has 7 heteroatoms. The first-order chi connectivity index (χ1) is 13.6. The normalized spacial score (nSPS) is 16.4. The molecule has 1 aliphatic rings. The summed E-state index contributed by atoms with van der Waals surface area (Å²) in [5.74, 6) is -1.10. The summed E-state index contributed by atoms with van der Waals surface area (Å²) in [6.07, 6.45) is 4.08. The van der Waals surface area contributed by atoms with E-state index >= 15 is 0 Å². The van der Waals surface area contributed by atoms with Crippen LogP contribution in [-0.2, 0) is 16.1 Å². The number of halogens is 1. The summed E-state index contributed by atoms with van der Waals surface area (Å²) < 4.78 is 1.75. The van der Waals surface area contributed by atoms with Crippen LogP contribution in [0.3, 0.4) is 0 Å². The molecule has 4 rings (SSSR count). The molecule has 0 bridgehead atoms. The number of carbonyl (C=O) groups is 2. The molecule has 1 atom stereocenters. The zero-order chi connectivity index (χ0) is 19.5. The highest BCUT2D eigenvalue weighted by molar-refractivity contribution is 6.30. The highest BCUT2D eigenvalue weighted by Gasteiger charge is 2.37. The van der Waals surface area contributed by atoms with Gasteiger partial charge >= 0.3 is 0 Å². The van der Waals surface area contributed by atoms with E-state index in [1.165, 1.54) is 0 Å². The van der Waals surface area contributed by atoms with E-state index in [-0.39, 0.29) is 11.8 Å². The van der Waals surface area contributed by atoms with E-state index in [0.717, 1.165) is 16.9 Å². The number of benzene rings is 2. The Hall–Kier alpha value is -3.12. The topological polar surface area (TPSA) is 67.2 Å². The summed E-state index contributed by atoms with van der Waals surface area (Å²) in [5.41, 5.74) is 2.58. The van der Waals surface area contributed by atoms with Gasteiger partial charge in [-0.05, 0) is 42.8 Å². The molecule has 0 spiro atoms. The molecular weight excluding hydrogens is 376 g/mol. The molecule has 1 fully saturated rings. The number of hydrogen-bond donors (Lipinski definition) is 1. The van der Waals surface area contributed by atoms with Gasteiger partial charge in [0.2, 0.25) is 11.8 Å². The van der Waals surface area contributed by atoms with Crippen molar-refractivity contribution in [1.29, 1.82) is 0 Å². The van der Waals surface area contributed by atoms with Crippen molar-refractivity contribution in [2.24, 2.45) is 5.92 Å². The number of para-hydroxylation sites is 1. The molecule has 28 heavy (non-hydrogen) atoms. The van der Waals surface area contributed by atoms with Crippen LogP contribution >= 0.6 is 11.6 Å². The van der Waals surface area contributed by atoms with Crippen molar-refractivity contribution >= 4 is 29.1 Å². The van der Waals surface area contributed by atoms with Gasteiger partial charge in [-0.25, -0.2) is 4.68 Å². The van der Waals surface area contributed by atoms with Gasteiger partial charge in [-0.1, -0.05) is 29.8 Å². The highest BCUT2D eigenvalue weighted by Crippen LogP contribution is 2.26. The number of nitrogens with one attached hydrogen (secondary N) is 1. The van der Waals surface area contributed by atoms with Crippen LogP contribution < -0.4 is 10.2 Å². The van der Waals surface area contributed by atoms with E-state index < -0.39 is 5.92 Å². The van der Waals surface area contributed by atoms with Crippen molar-refractivity contribution in [3.8, 4) is 5.69 Å². The maximum Gasteiger partial charge on any atom is 0.239 e. The Kier molecular flexibility index (Phi) is 5.12. The van der Waals surface area contributed by atoms with Crippen molar-refractivity contribution < 1.29 is 9.59 Å². The van der Waals surface area contributed by atoms with Crippen LogP contribution in [0.15, 0.2) is 67.0 Å². The first-order valence-corrected chi connectivity index (χ1v) is 9.43. The van der Waals surface area contributed by atoms with E-state index in [4.69, 9.17) is 11.6 Å². The van der Waals surface area contributed by atoms with Crippen LogP contribution in [0, 0.1) is 5.92 Å². The summed E-state index contributed by atoms with van der Waals surface area (Å²) in [6, 6.07) is 16.8. The molecule has 142 valence electrons. The SMILES string of the molecule is O=C(NCc1cnn(-c2ccccc2)c1)C1CCN(c2ccc(Cl)cc2)C1=O. The smallest absolute Gasteiger partial charge is 0.239 e. The molecule has 6 nitrogen and oxygen atoms in total. The lowest BCUT2D eigenvalue weighted by Gasteiger charge is -2.16. The lowest BCUT2D eigenvalue weighted by atomic mass is 10.1. The third-order valence-corrected chi connectivity index (χ3v) is 5.04. The molecule has 0 radical (unpaired) electrons. The Morgan fingerprint density at radius 2 is 1.86 bits per heavy atom. The average Bonchev–Trinajstić information content (AvgIpc) is 3.34. The maximum absolute atomic E-state index is 12.6. The van der Waals surface area contributed by atoms with Crippen LogP contribution in [0.5, 0.6) is 0 Å². The number of carbonyl (C=O) groups excluding carboxylic acids is 2. The fourth-order valence-electron chi connectivity index (χ4n) is 3.29. The van der Waals surface area contributed by atoms with E-state index in [1.54, 1.807) is 40.0 Å². The highest BCUT2D eigenvalue weighted by atomic mass is 35.5. The number of hydrogen-bond acceptors (Lipinski definition) is 3. The van der Waals surface area contributed by atoms with Crippen LogP contribution in [-0.4, -0.2) is 28.1 Å². The van der Waals surface area contributed by atoms with Crippen molar-refractivity contribution in [3.05, 3.63) is 77.6 Å². The Bertz CT molecular complexity index is 985. The minimum absolute atomic E-state index is 0.181. The van der Waals surface area contributed by atoms with E-state index in [0.29, 0.717) is 24.5 Å². The van der Waals surface area contributed by atoms with Gasteiger partial charge < -0.3 is 10.2 Å². The fraction of sp³-hybridized carbons (Fsp3) is 0.190. The Morgan fingerprint density at radius 1 is 1.11 bits per heavy atom. The number of rotatable bonds is 5. The maximum atomic E-state index is 12.6. The summed E-state index contributed by atoms with van der Waals surface area (Å²) in [7, 11) is 0. The van der Waals surface area contributed by atoms with E-state index in [2.05, 4.69) is 10.4 Å². The zero-order valence-electron chi connectivity index (χ0n) is 15.1. The number of aromatic nitrogens is 2. The molecule has 1 unspecified atom stereocenters. The largest absolute Gasteiger partial charge is 0.351 e. The van der Waals surface area contributed by atoms with Gasteiger partial charge in [-0.2, -0.15) is 5.10 Å². The van der Waals surface area contributed by atoms with Crippen molar-refractivity contribution in [2.75, 3.05) is 11.4 Å². The van der Waals surface area contributed by atoms with Gasteiger partial charge in [-0.3, -0.25) is 9.59 Å². The van der Waals surface area contributed by atoms with Crippen molar-refractivity contribution in [3.63, 3.8) is 0 Å². The molecule has 1 saturated heterocycles. The minimum Gasteiger partial charge on any atom is -0.351 e. The minimum atomic E-state index is -0.667. The Labute approximate surface area is 167 Å². The summed E-state index contributed by atoms with van der Waals surface area (Å²) in [6.45, 7) is 0.848. The second-order valence-corrected chi connectivity index (χ2v) is 7.09. The van der Waals surface area contributed by atoms with Gasteiger partial charge in [-0.15, -0.1) is 0 Å². The van der Waals surface area contributed by atoms with Crippen molar-refractivity contribution in [1.82, 2.24) is 15.1 Å². The predicted molar refractivity (Wildman–Crippen MR) is 107 cm³/mol. The molecule has 2 heterocycles. The summed E-state index contributed by atoms with van der Waals surface area (Å²) >= 11 is 5.90. The molecule has 1 aromatic heterocycles. The Balaban J connectivity index is 1.36. The predicted octanol–water partition coefficient (Wildman–Crippen LogP) is 3.20. The monoisotopic (exact) mass is 394 g/mol. The molecule has 2 aromatic carbocycles. The molecule has 0 saturated carbocycles. The van der Waals surface area contributed by atoms with Gasteiger partial charge in [0.1, 0.15) is 5.92 Å². The lowest BCUT2D eigenvalue weighted by molar-refractivity contribution is -0.132. The third-order valence-electron chi connectivity index (χ3n) is 4.78. The summed E-state index contributed by atoms with van der Waals surface area (Å²) in [5, 5.41) is 7.78. The van der Waals surface area contributed by atoms with Gasteiger partial charge in [0.05, 0.1) is 11.9 Å². The molecule has 3 aromatic rings. The van der Waals surface area contributed by atoms with Gasteiger partial charge in [0.25, 0.3) is 0 Å². The zero-order valence-corrected chi connectivity index (χ0v) is 15.8. The molecule has 1 N–H and O–H groups in total. The van der Waals surface area contributed by atoms with Crippen LogP contribution in [0.25, 0.3) is 5.69 Å². The standard InChI is InChI=1S/C21H19ClN4O2/c22-16-6-8-17(9-7-16)25-11-10-19(21(25)28)20(27)23-12-15-13-24-26(14-15)18-4-2-1-3-5-18/h1-9,13-14,19H,10-12H2,(H,23,27). The van der Waals surface area contributed by atoms with Crippen LogP contribution in [0.1, 0.15) is 12.0 Å². The average molecular weight is 395 g/mol. The second kappa shape index (κ2) is 7.86. The third kappa shape index (κ3) is 3.77. The number of nitrogens with zero attached hydrogens (tertiary/aromatic N) is 3. The second-order valence-electron chi connectivity index (χ2n) is 6.65. The number of amides is 2. The number of anilines is 1. The Morgan fingerprint density at radius 3 is 2.61 bits per heavy atom. The summed E-state index contributed by atoms with van der Waals surface area (Å²) in [4.78, 5) is 26.8. The molecule has 0 aliphatic carbocycles. The van der Waals surface area contributed by atoms with Crippen molar-refractivity contribution in [2.45, 2.75) is 13.0 Å². The van der Waals surface area contributed by atoms with Gasteiger partial charge in [0, 0.05) is 35.6 Å². The first kappa shape index (κ1) is 18.3. The van der Waals surface area contributed by atoms with E-state index in [9.17, 15) is 9.59 Å². The van der Waals surface area contributed by atoms with Gasteiger partial charge in [0.15, 0.2) is 0 Å². The van der Waals surface area contributed by atoms with E-state index in [1.807, 2.05) is 36.5 Å². The fourth-order valence-corrected chi connectivity index (χ4v) is 3.41. The van der Waals surface area contributed by atoms with Crippen LogP contribution in [0.2, 0.25) is 5.02 Å². The van der Waals surface area contributed by atoms with Crippen LogP contribution in [0.4, 0.5) is 5.69 Å². The molecular formula is C21H19ClN4O2.